The first-order valence-corrected chi connectivity index (χ1v) is 6.99. The lowest BCUT2D eigenvalue weighted by molar-refractivity contribution is -0.144. The predicted octanol–water partition coefficient (Wildman–Crippen LogP) is 2.04. The van der Waals surface area contributed by atoms with E-state index in [0.717, 1.165) is 0 Å². The van der Waals surface area contributed by atoms with Crippen LogP contribution < -0.4 is 5.32 Å². The second-order valence-corrected chi connectivity index (χ2v) is 4.45. The summed E-state index contributed by atoms with van der Waals surface area (Å²) < 4.78 is 18.2. The Balaban J connectivity index is 2.40. The average molecular weight is 296 g/mol. The molecular weight excluding hydrogens is 275 g/mol. The zero-order valence-corrected chi connectivity index (χ0v) is 12.4. The molecule has 5 nitrogen and oxygen atoms in total. The number of halogens is 1. The number of nitrogens with one attached hydrogen (secondary N) is 1. The molecule has 1 aromatic rings. The van der Waals surface area contributed by atoms with Crippen LogP contribution in [-0.2, 0) is 14.3 Å². The maximum atomic E-state index is 13.4. The van der Waals surface area contributed by atoms with Crippen molar-refractivity contribution in [1.29, 1.82) is 0 Å². The number of para-hydroxylation sites is 1. The summed E-state index contributed by atoms with van der Waals surface area (Å²) in [7, 11) is 0. The largest absolute Gasteiger partial charge is 0.465 e. The van der Waals surface area contributed by atoms with Gasteiger partial charge >= 0.3 is 5.97 Å². The van der Waals surface area contributed by atoms with Crippen LogP contribution >= 0.6 is 0 Å². The zero-order valence-electron chi connectivity index (χ0n) is 12.4. The van der Waals surface area contributed by atoms with Crippen molar-refractivity contribution in [2.75, 3.05) is 31.6 Å². The van der Waals surface area contributed by atoms with Crippen molar-refractivity contribution in [3.05, 3.63) is 30.1 Å². The number of hydrogen-bond donors (Lipinski definition) is 1. The quantitative estimate of drug-likeness (QED) is 0.746. The molecule has 0 radical (unpaired) electrons. The van der Waals surface area contributed by atoms with E-state index in [1.54, 1.807) is 24.0 Å². The summed E-state index contributed by atoms with van der Waals surface area (Å²) in [6, 6.07) is 6.00. The van der Waals surface area contributed by atoms with E-state index >= 15 is 0 Å². The van der Waals surface area contributed by atoms with Crippen LogP contribution in [0.25, 0.3) is 0 Å². The Labute approximate surface area is 124 Å². The molecule has 0 unspecified atom stereocenters. The Morgan fingerprint density at radius 1 is 1.29 bits per heavy atom. The van der Waals surface area contributed by atoms with E-state index in [9.17, 15) is 14.0 Å². The first kappa shape index (κ1) is 17.1. The van der Waals surface area contributed by atoms with Crippen LogP contribution in [0.4, 0.5) is 10.1 Å². The van der Waals surface area contributed by atoms with Gasteiger partial charge in [-0.1, -0.05) is 19.1 Å². The topological polar surface area (TPSA) is 58.6 Å². The van der Waals surface area contributed by atoms with Gasteiger partial charge in [0.2, 0.25) is 5.91 Å². The molecule has 0 saturated carbocycles. The van der Waals surface area contributed by atoms with Gasteiger partial charge in [0, 0.05) is 13.0 Å². The van der Waals surface area contributed by atoms with E-state index in [4.69, 9.17) is 4.74 Å². The van der Waals surface area contributed by atoms with E-state index in [1.807, 2.05) is 6.92 Å². The summed E-state index contributed by atoms with van der Waals surface area (Å²) in [6.45, 7) is 5.17. The summed E-state index contributed by atoms with van der Waals surface area (Å²) in [5.41, 5.74) is 0.163. The first-order valence-electron chi connectivity index (χ1n) is 6.99. The monoisotopic (exact) mass is 296 g/mol. The molecule has 0 aliphatic rings. The van der Waals surface area contributed by atoms with Gasteiger partial charge in [0.25, 0.3) is 0 Å². The Morgan fingerprint density at radius 3 is 2.62 bits per heavy atom. The Kier molecular flexibility index (Phi) is 7.39. The molecule has 0 bridgehead atoms. The van der Waals surface area contributed by atoms with E-state index in [1.165, 1.54) is 12.1 Å². The lowest BCUT2D eigenvalue weighted by atomic mass is 10.3. The number of esters is 1. The first-order chi connectivity index (χ1) is 10.1. The maximum Gasteiger partial charge on any atom is 0.320 e. The molecule has 1 amide bonds. The molecule has 0 atom stereocenters. The third-order valence-corrected chi connectivity index (χ3v) is 2.91. The van der Waals surface area contributed by atoms with Crippen molar-refractivity contribution in [3.8, 4) is 0 Å². The van der Waals surface area contributed by atoms with Gasteiger partial charge in [0.1, 0.15) is 5.82 Å². The average Bonchev–Trinajstić information content (AvgIpc) is 2.46. The molecule has 0 spiro atoms. The Bertz CT molecular complexity index is 480. The summed E-state index contributed by atoms with van der Waals surface area (Å²) in [4.78, 5) is 25.0. The fourth-order valence-electron chi connectivity index (χ4n) is 1.77. The third kappa shape index (κ3) is 6.35. The Morgan fingerprint density at radius 2 is 2.00 bits per heavy atom. The number of carbonyl (C=O) groups excluding carboxylic acids is 2. The number of ether oxygens (including phenoxy) is 1. The normalized spacial score (nSPS) is 10.5. The van der Waals surface area contributed by atoms with Gasteiger partial charge in [-0.3, -0.25) is 14.5 Å². The van der Waals surface area contributed by atoms with Crippen molar-refractivity contribution in [3.63, 3.8) is 0 Å². The summed E-state index contributed by atoms with van der Waals surface area (Å²) >= 11 is 0. The van der Waals surface area contributed by atoms with Crippen molar-refractivity contribution < 1.29 is 18.7 Å². The molecule has 0 aliphatic carbocycles. The number of anilines is 1. The van der Waals surface area contributed by atoms with Gasteiger partial charge in [0.15, 0.2) is 0 Å². The molecule has 0 fully saturated rings. The molecule has 0 aliphatic heterocycles. The molecular formula is C15H21FN2O3. The highest BCUT2D eigenvalue weighted by Gasteiger charge is 2.12. The highest BCUT2D eigenvalue weighted by molar-refractivity contribution is 5.90. The second kappa shape index (κ2) is 9.07. The summed E-state index contributed by atoms with van der Waals surface area (Å²) in [5.74, 6) is -1.07. The predicted molar refractivity (Wildman–Crippen MR) is 78.4 cm³/mol. The molecule has 1 aromatic carbocycles. The van der Waals surface area contributed by atoms with Gasteiger partial charge in [-0.25, -0.2) is 4.39 Å². The lowest BCUT2D eigenvalue weighted by Gasteiger charge is -2.18. The minimum atomic E-state index is -0.468. The van der Waals surface area contributed by atoms with Gasteiger partial charge in [-0.15, -0.1) is 0 Å². The summed E-state index contributed by atoms with van der Waals surface area (Å²) in [6.07, 6.45) is 0.182. The van der Waals surface area contributed by atoms with Gasteiger partial charge < -0.3 is 10.1 Å². The molecule has 0 saturated heterocycles. The number of likely N-dealkylation sites (N-methyl/N-ethyl adjacent to an activating group) is 1. The second-order valence-electron chi connectivity index (χ2n) is 4.45. The van der Waals surface area contributed by atoms with Crippen molar-refractivity contribution in [1.82, 2.24) is 4.90 Å². The van der Waals surface area contributed by atoms with Crippen LogP contribution in [0.15, 0.2) is 24.3 Å². The van der Waals surface area contributed by atoms with E-state index in [0.29, 0.717) is 19.7 Å². The van der Waals surface area contributed by atoms with Gasteiger partial charge in [-0.05, 0) is 25.6 Å². The van der Waals surface area contributed by atoms with E-state index in [-0.39, 0.29) is 30.5 Å². The maximum absolute atomic E-state index is 13.4. The van der Waals surface area contributed by atoms with Gasteiger partial charge in [-0.2, -0.15) is 0 Å². The van der Waals surface area contributed by atoms with Gasteiger partial charge in [0.05, 0.1) is 18.8 Å². The van der Waals surface area contributed by atoms with E-state index < -0.39 is 5.82 Å². The van der Waals surface area contributed by atoms with Crippen LogP contribution in [0.1, 0.15) is 20.3 Å². The van der Waals surface area contributed by atoms with Crippen LogP contribution in [0.2, 0.25) is 0 Å². The van der Waals surface area contributed by atoms with E-state index in [2.05, 4.69) is 5.32 Å². The number of hydrogen-bond acceptors (Lipinski definition) is 4. The minimum absolute atomic E-state index is 0.150. The van der Waals surface area contributed by atoms with Crippen molar-refractivity contribution in [2.24, 2.45) is 0 Å². The smallest absolute Gasteiger partial charge is 0.320 e. The number of rotatable bonds is 8. The fraction of sp³-hybridized carbons (Fsp3) is 0.467. The molecule has 21 heavy (non-hydrogen) atoms. The van der Waals surface area contributed by atoms with Crippen molar-refractivity contribution in [2.45, 2.75) is 20.3 Å². The highest BCUT2D eigenvalue weighted by Crippen LogP contribution is 2.12. The molecule has 0 aromatic heterocycles. The number of amides is 1. The molecule has 0 heterocycles. The molecule has 1 N–H and O–H groups in total. The molecule has 116 valence electrons. The van der Waals surface area contributed by atoms with Crippen molar-refractivity contribution >= 4 is 17.6 Å². The third-order valence-electron chi connectivity index (χ3n) is 2.91. The van der Waals surface area contributed by atoms with Crippen LogP contribution in [0.5, 0.6) is 0 Å². The van der Waals surface area contributed by atoms with Crippen LogP contribution in [0.3, 0.4) is 0 Å². The SMILES string of the molecule is CCOC(=O)CN(CC)CCC(=O)Nc1ccccc1F. The number of carbonyl (C=O) groups is 2. The molecule has 6 heteroatoms. The van der Waals surface area contributed by atoms with Crippen LogP contribution in [-0.4, -0.2) is 43.0 Å². The number of benzene rings is 1. The molecule has 1 rings (SSSR count). The Hall–Kier alpha value is -1.95. The lowest BCUT2D eigenvalue weighted by Crippen LogP contribution is -2.33. The number of nitrogens with zero attached hydrogens (tertiary/aromatic N) is 1. The summed E-state index contributed by atoms with van der Waals surface area (Å²) in [5, 5.41) is 2.51. The standard InChI is InChI=1S/C15H21FN2O3/c1-3-18(11-15(20)21-4-2)10-9-14(19)17-13-8-6-5-7-12(13)16/h5-8H,3-4,9-11H2,1-2H3,(H,17,19). The fourth-order valence-corrected chi connectivity index (χ4v) is 1.77. The minimum Gasteiger partial charge on any atom is -0.465 e. The van der Waals surface area contributed by atoms with Crippen LogP contribution in [0, 0.1) is 5.82 Å². The highest BCUT2D eigenvalue weighted by atomic mass is 19.1. The zero-order chi connectivity index (χ0) is 15.7.